The molecule has 0 fully saturated rings. The lowest BCUT2D eigenvalue weighted by atomic mass is 10.2. The summed E-state index contributed by atoms with van der Waals surface area (Å²) < 4.78 is 13.7. The third-order valence-electron chi connectivity index (χ3n) is 3.19. The van der Waals surface area contributed by atoms with Crippen LogP contribution in [0, 0.1) is 17.1 Å². The summed E-state index contributed by atoms with van der Waals surface area (Å²) in [6.07, 6.45) is 1.71. The van der Waals surface area contributed by atoms with Gasteiger partial charge < -0.3 is 4.90 Å². The van der Waals surface area contributed by atoms with Gasteiger partial charge >= 0.3 is 0 Å². The second kappa shape index (κ2) is 6.46. The molecule has 0 aliphatic carbocycles. The Kier molecular flexibility index (Phi) is 4.66. The van der Waals surface area contributed by atoms with Gasteiger partial charge in [0, 0.05) is 18.7 Å². The van der Waals surface area contributed by atoms with Crippen molar-refractivity contribution in [2.75, 3.05) is 7.05 Å². The van der Waals surface area contributed by atoms with Gasteiger partial charge in [0.1, 0.15) is 15.7 Å². The SMILES string of the molecule is CC(CC#N)N(C)C(=O)c1cnc(-c2ccccc2F)s1. The molecule has 0 aliphatic rings. The lowest BCUT2D eigenvalue weighted by Gasteiger charge is -2.21. The number of nitriles is 1. The van der Waals surface area contributed by atoms with Crippen molar-refractivity contribution < 1.29 is 9.18 Å². The number of benzene rings is 1. The molecule has 4 nitrogen and oxygen atoms in total. The van der Waals surface area contributed by atoms with Crippen LogP contribution in [0.4, 0.5) is 4.39 Å². The molecule has 1 aromatic carbocycles. The first-order valence-electron chi connectivity index (χ1n) is 6.39. The summed E-state index contributed by atoms with van der Waals surface area (Å²) in [4.78, 5) is 18.3. The molecule has 6 heteroatoms. The van der Waals surface area contributed by atoms with Crippen LogP contribution in [-0.4, -0.2) is 28.9 Å². The van der Waals surface area contributed by atoms with E-state index in [2.05, 4.69) is 4.98 Å². The highest BCUT2D eigenvalue weighted by Crippen LogP contribution is 2.28. The molecule has 2 aromatic rings. The number of halogens is 1. The van der Waals surface area contributed by atoms with E-state index < -0.39 is 0 Å². The molecule has 0 saturated carbocycles. The third kappa shape index (κ3) is 3.26. The zero-order valence-corrected chi connectivity index (χ0v) is 12.5. The number of hydrogen-bond donors (Lipinski definition) is 0. The molecule has 1 atom stereocenters. The number of hydrogen-bond acceptors (Lipinski definition) is 4. The molecule has 1 heterocycles. The Morgan fingerprint density at radius 1 is 1.52 bits per heavy atom. The first-order chi connectivity index (χ1) is 10.0. The Morgan fingerprint density at radius 2 is 2.24 bits per heavy atom. The van der Waals surface area contributed by atoms with Crippen molar-refractivity contribution in [2.24, 2.45) is 0 Å². The fourth-order valence-corrected chi connectivity index (χ4v) is 2.70. The van der Waals surface area contributed by atoms with Crippen molar-refractivity contribution in [3.63, 3.8) is 0 Å². The van der Waals surface area contributed by atoms with Gasteiger partial charge in [-0.1, -0.05) is 12.1 Å². The largest absolute Gasteiger partial charge is 0.337 e. The van der Waals surface area contributed by atoms with Crippen molar-refractivity contribution in [2.45, 2.75) is 19.4 Å². The minimum absolute atomic E-state index is 0.179. The number of aromatic nitrogens is 1. The van der Waals surface area contributed by atoms with Gasteiger partial charge in [0.25, 0.3) is 5.91 Å². The lowest BCUT2D eigenvalue weighted by molar-refractivity contribution is 0.0751. The molecule has 0 N–H and O–H groups in total. The fourth-order valence-electron chi connectivity index (χ4n) is 1.78. The van der Waals surface area contributed by atoms with Gasteiger partial charge in [-0.15, -0.1) is 11.3 Å². The fraction of sp³-hybridized carbons (Fsp3) is 0.267. The van der Waals surface area contributed by atoms with E-state index in [9.17, 15) is 9.18 Å². The van der Waals surface area contributed by atoms with Gasteiger partial charge in [0.05, 0.1) is 18.7 Å². The Morgan fingerprint density at radius 3 is 2.90 bits per heavy atom. The maximum Gasteiger partial charge on any atom is 0.265 e. The second-order valence-corrected chi connectivity index (χ2v) is 5.67. The maximum atomic E-state index is 13.7. The highest BCUT2D eigenvalue weighted by molar-refractivity contribution is 7.16. The Hall–Kier alpha value is -2.26. The normalized spacial score (nSPS) is 11.7. The Labute approximate surface area is 126 Å². The third-order valence-corrected chi connectivity index (χ3v) is 4.21. The van der Waals surface area contributed by atoms with E-state index in [4.69, 9.17) is 5.26 Å². The molecule has 1 amide bonds. The van der Waals surface area contributed by atoms with E-state index >= 15 is 0 Å². The van der Waals surface area contributed by atoms with Gasteiger partial charge in [-0.3, -0.25) is 4.79 Å². The molecule has 0 radical (unpaired) electrons. The molecule has 1 aromatic heterocycles. The van der Waals surface area contributed by atoms with E-state index in [1.54, 1.807) is 32.2 Å². The molecule has 1 unspecified atom stereocenters. The summed E-state index contributed by atoms with van der Waals surface area (Å²) in [6, 6.07) is 8.18. The van der Waals surface area contributed by atoms with Crippen molar-refractivity contribution in [1.29, 1.82) is 5.26 Å². The van der Waals surface area contributed by atoms with E-state index in [1.165, 1.54) is 17.2 Å². The number of thiazole rings is 1. The van der Waals surface area contributed by atoms with Crippen LogP contribution in [0.5, 0.6) is 0 Å². The molecule has 108 valence electrons. The monoisotopic (exact) mass is 303 g/mol. The standard InChI is InChI=1S/C15H14FN3OS/c1-10(7-8-17)19(2)15(20)13-9-18-14(21-13)11-5-3-4-6-12(11)16/h3-6,9-10H,7H2,1-2H3. The zero-order chi connectivity index (χ0) is 15.4. The van der Waals surface area contributed by atoms with Crippen LogP contribution in [-0.2, 0) is 0 Å². The number of carbonyl (C=O) groups is 1. The van der Waals surface area contributed by atoms with E-state index in [0.29, 0.717) is 15.4 Å². The molecular weight excluding hydrogens is 289 g/mol. The van der Waals surface area contributed by atoms with Crippen molar-refractivity contribution in [3.05, 3.63) is 41.2 Å². The van der Waals surface area contributed by atoms with Crippen molar-refractivity contribution >= 4 is 17.2 Å². The number of amides is 1. The molecule has 0 spiro atoms. The average Bonchev–Trinajstić information content (AvgIpc) is 2.96. The predicted octanol–water partition coefficient (Wildman–Crippen LogP) is 3.32. The molecular formula is C15H14FN3OS. The van der Waals surface area contributed by atoms with Crippen molar-refractivity contribution in [3.8, 4) is 16.6 Å². The van der Waals surface area contributed by atoms with Crippen molar-refractivity contribution in [1.82, 2.24) is 9.88 Å². The lowest BCUT2D eigenvalue weighted by Crippen LogP contribution is -2.34. The minimum atomic E-state index is -0.364. The summed E-state index contributed by atoms with van der Waals surface area (Å²) in [6.45, 7) is 1.81. The summed E-state index contributed by atoms with van der Waals surface area (Å²) in [5.74, 6) is -0.574. The summed E-state index contributed by atoms with van der Waals surface area (Å²) in [5, 5.41) is 9.15. The Balaban J connectivity index is 2.23. The second-order valence-electron chi connectivity index (χ2n) is 4.64. The van der Waals surface area contributed by atoms with Gasteiger partial charge in [-0.05, 0) is 19.1 Å². The first-order valence-corrected chi connectivity index (χ1v) is 7.21. The maximum absolute atomic E-state index is 13.7. The quantitative estimate of drug-likeness (QED) is 0.870. The van der Waals surface area contributed by atoms with Gasteiger partial charge in [-0.25, -0.2) is 9.37 Å². The summed E-state index contributed by atoms with van der Waals surface area (Å²) >= 11 is 1.15. The summed E-state index contributed by atoms with van der Waals surface area (Å²) in [7, 11) is 1.65. The molecule has 0 aliphatic heterocycles. The average molecular weight is 303 g/mol. The van der Waals surface area contributed by atoms with E-state index in [-0.39, 0.29) is 24.2 Å². The number of nitrogens with zero attached hydrogens (tertiary/aromatic N) is 3. The van der Waals surface area contributed by atoms with E-state index in [1.807, 2.05) is 6.07 Å². The molecule has 0 bridgehead atoms. The predicted molar refractivity (Wildman–Crippen MR) is 79.3 cm³/mol. The number of carbonyl (C=O) groups excluding carboxylic acids is 1. The Bertz CT molecular complexity index is 692. The van der Waals surface area contributed by atoms with Gasteiger partial charge in [0.2, 0.25) is 0 Å². The molecule has 2 rings (SSSR count). The molecule has 0 saturated heterocycles. The van der Waals surface area contributed by atoms with E-state index in [0.717, 1.165) is 11.3 Å². The zero-order valence-electron chi connectivity index (χ0n) is 11.7. The van der Waals surface area contributed by atoms with Gasteiger partial charge in [0.15, 0.2) is 0 Å². The first kappa shape index (κ1) is 15.1. The van der Waals surface area contributed by atoms with Crippen LogP contribution in [0.3, 0.4) is 0 Å². The highest BCUT2D eigenvalue weighted by Gasteiger charge is 2.20. The van der Waals surface area contributed by atoms with Crippen LogP contribution < -0.4 is 0 Å². The topological polar surface area (TPSA) is 57.0 Å². The van der Waals surface area contributed by atoms with Crippen LogP contribution in [0.1, 0.15) is 23.0 Å². The van der Waals surface area contributed by atoms with Gasteiger partial charge in [-0.2, -0.15) is 5.26 Å². The number of rotatable bonds is 4. The highest BCUT2D eigenvalue weighted by atomic mass is 32.1. The van der Waals surface area contributed by atoms with Crippen LogP contribution in [0.2, 0.25) is 0 Å². The van der Waals surface area contributed by atoms with Crippen LogP contribution in [0.25, 0.3) is 10.6 Å². The summed E-state index contributed by atoms with van der Waals surface area (Å²) in [5.41, 5.74) is 0.384. The smallest absolute Gasteiger partial charge is 0.265 e. The molecule has 21 heavy (non-hydrogen) atoms. The van der Waals surface area contributed by atoms with Crippen LogP contribution in [0.15, 0.2) is 30.5 Å². The minimum Gasteiger partial charge on any atom is -0.337 e. The van der Waals surface area contributed by atoms with Crippen LogP contribution >= 0.6 is 11.3 Å².